The van der Waals surface area contributed by atoms with E-state index in [1.54, 1.807) is 12.4 Å². The van der Waals surface area contributed by atoms with E-state index in [0.29, 0.717) is 6.54 Å². The van der Waals surface area contributed by atoms with Crippen LogP contribution < -0.4 is 0 Å². The molecule has 2 atom stereocenters. The Hall–Kier alpha value is -1.42. The molecule has 2 aliphatic rings. The van der Waals surface area contributed by atoms with Gasteiger partial charge in [-0.05, 0) is 36.5 Å². The summed E-state index contributed by atoms with van der Waals surface area (Å²) in [7, 11) is 0. The molecule has 2 fully saturated rings. The van der Waals surface area contributed by atoms with Crippen LogP contribution in [0.2, 0.25) is 0 Å². The number of pyridine rings is 1. The van der Waals surface area contributed by atoms with Crippen LogP contribution in [0.15, 0.2) is 24.5 Å². The fourth-order valence-electron chi connectivity index (χ4n) is 3.44. The smallest absolute Gasteiger partial charge is 0.252 e. The van der Waals surface area contributed by atoms with E-state index >= 15 is 0 Å². The molecule has 2 unspecified atom stereocenters. The molecule has 2 heterocycles. The molecule has 0 radical (unpaired) electrons. The van der Waals surface area contributed by atoms with Crippen molar-refractivity contribution in [2.75, 3.05) is 6.54 Å². The first kappa shape index (κ1) is 13.6. The van der Waals surface area contributed by atoms with Gasteiger partial charge in [-0.15, -0.1) is 0 Å². The largest absolute Gasteiger partial charge is 0.383 e. The molecule has 1 saturated carbocycles. The van der Waals surface area contributed by atoms with E-state index in [9.17, 15) is 9.90 Å². The zero-order valence-electron chi connectivity index (χ0n) is 12.1. The van der Waals surface area contributed by atoms with Crippen molar-refractivity contribution >= 4 is 5.91 Å². The van der Waals surface area contributed by atoms with Gasteiger partial charge in [-0.2, -0.15) is 0 Å². The summed E-state index contributed by atoms with van der Waals surface area (Å²) in [4.78, 5) is 18.4. The first-order valence-corrected chi connectivity index (χ1v) is 7.39. The Kier molecular flexibility index (Phi) is 3.28. The maximum Gasteiger partial charge on any atom is 0.252 e. The predicted molar refractivity (Wildman–Crippen MR) is 75.8 cm³/mol. The molecule has 4 heteroatoms. The van der Waals surface area contributed by atoms with Crippen molar-refractivity contribution in [1.82, 2.24) is 9.88 Å². The summed E-state index contributed by atoms with van der Waals surface area (Å²) in [5.41, 5.74) is 1.15. The maximum absolute atomic E-state index is 12.5. The average Bonchev–Trinajstić information content (AvgIpc) is 2.34. The van der Waals surface area contributed by atoms with E-state index in [-0.39, 0.29) is 23.3 Å². The summed E-state index contributed by atoms with van der Waals surface area (Å²) in [6, 6.07) is 3.97. The average molecular weight is 274 g/mol. The van der Waals surface area contributed by atoms with Gasteiger partial charge in [0, 0.05) is 24.4 Å². The number of carbonyl (C=O) groups excluding carboxylic acids is 1. The Bertz CT molecular complexity index is 496. The Morgan fingerprint density at radius 2 is 2.05 bits per heavy atom. The van der Waals surface area contributed by atoms with Crippen molar-refractivity contribution in [2.45, 2.75) is 45.3 Å². The maximum atomic E-state index is 12.5. The number of hydrogen-bond donors (Lipinski definition) is 1. The van der Waals surface area contributed by atoms with Crippen LogP contribution in [0.5, 0.6) is 0 Å². The molecule has 0 bridgehead atoms. The van der Waals surface area contributed by atoms with Gasteiger partial charge in [-0.1, -0.05) is 20.3 Å². The zero-order valence-corrected chi connectivity index (χ0v) is 12.1. The number of aliphatic hydroxyl groups is 1. The Morgan fingerprint density at radius 3 is 2.55 bits per heavy atom. The Balaban J connectivity index is 1.78. The SMILES string of the molecule is CC1(C)CN(C(=O)C(O)C2CCC2)C1c1ccncc1. The summed E-state index contributed by atoms with van der Waals surface area (Å²) in [6.07, 6.45) is 5.79. The van der Waals surface area contributed by atoms with Crippen molar-refractivity contribution in [3.63, 3.8) is 0 Å². The minimum Gasteiger partial charge on any atom is -0.383 e. The minimum atomic E-state index is -0.816. The molecule has 108 valence electrons. The van der Waals surface area contributed by atoms with E-state index in [1.807, 2.05) is 17.0 Å². The predicted octanol–water partition coefficient (Wildman–Crippen LogP) is 2.15. The van der Waals surface area contributed by atoms with Crippen molar-refractivity contribution in [3.05, 3.63) is 30.1 Å². The molecule has 0 spiro atoms. The summed E-state index contributed by atoms with van der Waals surface area (Å²) >= 11 is 0. The number of nitrogens with zero attached hydrogens (tertiary/aromatic N) is 2. The standard InChI is InChI=1S/C16H22N2O2/c1-16(2)10-18(14(16)12-6-8-17-9-7-12)15(20)13(19)11-4-3-5-11/h6-9,11,13-14,19H,3-5,10H2,1-2H3. The summed E-state index contributed by atoms with van der Waals surface area (Å²) in [6.45, 7) is 5.04. The van der Waals surface area contributed by atoms with Crippen LogP contribution in [-0.2, 0) is 4.79 Å². The van der Waals surface area contributed by atoms with Crippen LogP contribution in [0.1, 0.15) is 44.7 Å². The first-order valence-electron chi connectivity index (χ1n) is 7.39. The molecule has 1 saturated heterocycles. The second-order valence-corrected chi connectivity index (χ2v) is 6.77. The molecule has 4 nitrogen and oxygen atoms in total. The molecule has 20 heavy (non-hydrogen) atoms. The van der Waals surface area contributed by atoms with Crippen LogP contribution in [-0.4, -0.2) is 33.5 Å². The number of aromatic nitrogens is 1. The van der Waals surface area contributed by atoms with E-state index in [1.165, 1.54) is 0 Å². The summed E-state index contributed by atoms with van der Waals surface area (Å²) in [5.74, 6) is 0.0696. The lowest BCUT2D eigenvalue weighted by atomic mass is 9.70. The quantitative estimate of drug-likeness (QED) is 0.919. The van der Waals surface area contributed by atoms with Crippen molar-refractivity contribution in [2.24, 2.45) is 11.3 Å². The Labute approximate surface area is 119 Å². The van der Waals surface area contributed by atoms with Crippen LogP contribution in [0, 0.1) is 11.3 Å². The number of likely N-dealkylation sites (tertiary alicyclic amines) is 1. The minimum absolute atomic E-state index is 0.0488. The molecule has 1 aliphatic heterocycles. The molecule has 0 aromatic carbocycles. The number of carbonyl (C=O) groups is 1. The topological polar surface area (TPSA) is 53.4 Å². The molecule has 1 amide bonds. The third-order valence-corrected chi connectivity index (χ3v) is 4.78. The van der Waals surface area contributed by atoms with Gasteiger partial charge in [0.25, 0.3) is 5.91 Å². The van der Waals surface area contributed by atoms with Gasteiger partial charge in [0.05, 0.1) is 6.04 Å². The van der Waals surface area contributed by atoms with E-state index in [2.05, 4.69) is 18.8 Å². The molecular formula is C16H22N2O2. The lowest BCUT2D eigenvalue weighted by Crippen LogP contribution is -2.61. The molecule has 1 aromatic rings. The fourth-order valence-corrected chi connectivity index (χ4v) is 3.44. The van der Waals surface area contributed by atoms with Gasteiger partial charge >= 0.3 is 0 Å². The van der Waals surface area contributed by atoms with Crippen molar-refractivity contribution < 1.29 is 9.90 Å². The highest BCUT2D eigenvalue weighted by molar-refractivity contribution is 5.82. The van der Waals surface area contributed by atoms with Crippen LogP contribution in [0.4, 0.5) is 0 Å². The first-order chi connectivity index (χ1) is 9.50. The van der Waals surface area contributed by atoms with Crippen molar-refractivity contribution in [1.29, 1.82) is 0 Å². The summed E-state index contributed by atoms with van der Waals surface area (Å²) in [5, 5.41) is 10.2. The molecular weight excluding hydrogens is 252 g/mol. The molecule has 1 aromatic heterocycles. The van der Waals surface area contributed by atoms with Gasteiger partial charge < -0.3 is 10.0 Å². The fraction of sp³-hybridized carbons (Fsp3) is 0.625. The molecule has 1 N–H and O–H groups in total. The third-order valence-electron chi connectivity index (χ3n) is 4.78. The van der Waals surface area contributed by atoms with Crippen LogP contribution >= 0.6 is 0 Å². The van der Waals surface area contributed by atoms with Crippen molar-refractivity contribution in [3.8, 4) is 0 Å². The monoisotopic (exact) mass is 274 g/mol. The van der Waals surface area contributed by atoms with E-state index < -0.39 is 6.10 Å². The van der Waals surface area contributed by atoms with Gasteiger partial charge in [0.1, 0.15) is 6.10 Å². The third kappa shape index (κ3) is 2.12. The molecule has 1 aliphatic carbocycles. The zero-order chi connectivity index (χ0) is 14.3. The number of amides is 1. The van der Waals surface area contributed by atoms with Crippen LogP contribution in [0.25, 0.3) is 0 Å². The van der Waals surface area contributed by atoms with Gasteiger partial charge in [-0.25, -0.2) is 0 Å². The van der Waals surface area contributed by atoms with Gasteiger partial charge in [0.2, 0.25) is 0 Å². The van der Waals surface area contributed by atoms with Gasteiger partial charge in [-0.3, -0.25) is 9.78 Å². The number of rotatable bonds is 3. The lowest BCUT2D eigenvalue weighted by Gasteiger charge is -2.55. The highest BCUT2D eigenvalue weighted by Crippen LogP contribution is 2.49. The van der Waals surface area contributed by atoms with Gasteiger partial charge in [0.15, 0.2) is 0 Å². The number of aliphatic hydroxyl groups excluding tert-OH is 1. The Morgan fingerprint density at radius 1 is 1.40 bits per heavy atom. The highest BCUT2D eigenvalue weighted by Gasteiger charge is 2.50. The lowest BCUT2D eigenvalue weighted by molar-refractivity contribution is -0.166. The second kappa shape index (κ2) is 4.85. The van der Waals surface area contributed by atoms with E-state index in [4.69, 9.17) is 0 Å². The van der Waals surface area contributed by atoms with Crippen LogP contribution in [0.3, 0.4) is 0 Å². The molecule has 3 rings (SSSR count). The number of hydrogen-bond acceptors (Lipinski definition) is 3. The second-order valence-electron chi connectivity index (χ2n) is 6.77. The summed E-state index contributed by atoms with van der Waals surface area (Å²) < 4.78 is 0. The normalized spacial score (nSPS) is 26.6. The highest BCUT2D eigenvalue weighted by atomic mass is 16.3. The van der Waals surface area contributed by atoms with E-state index in [0.717, 1.165) is 24.8 Å².